The molecule has 2 rings (SSSR count). The molecule has 2 heterocycles. The number of likely N-dealkylation sites (tertiary alicyclic amines) is 2. The van der Waals surface area contributed by atoms with Gasteiger partial charge in [-0.05, 0) is 59.3 Å². The molecule has 2 saturated heterocycles. The van der Waals surface area contributed by atoms with E-state index >= 15 is 0 Å². The minimum Gasteiger partial charge on any atom is -0.341 e. The van der Waals surface area contributed by atoms with E-state index < -0.39 is 0 Å². The molecule has 0 radical (unpaired) electrons. The molecule has 4 nitrogen and oxygen atoms in total. The zero-order valence-corrected chi connectivity index (χ0v) is 13.5. The van der Waals surface area contributed by atoms with E-state index in [1.807, 2.05) is 0 Å². The Kier molecular flexibility index (Phi) is 5.08. The van der Waals surface area contributed by atoms with Crippen LogP contribution in [0, 0.1) is 5.92 Å². The van der Waals surface area contributed by atoms with E-state index in [-0.39, 0.29) is 12.1 Å². The van der Waals surface area contributed by atoms with Gasteiger partial charge in [0.2, 0.25) is 5.91 Å². The van der Waals surface area contributed by atoms with Gasteiger partial charge in [-0.25, -0.2) is 0 Å². The molecule has 4 atom stereocenters. The Balaban J connectivity index is 1.91. The summed E-state index contributed by atoms with van der Waals surface area (Å²) in [5.41, 5.74) is 5.97. The van der Waals surface area contributed by atoms with Crippen molar-refractivity contribution in [3.8, 4) is 0 Å². The van der Waals surface area contributed by atoms with Gasteiger partial charge in [0.15, 0.2) is 0 Å². The predicted molar refractivity (Wildman–Crippen MR) is 82.4 cm³/mol. The van der Waals surface area contributed by atoms with Crippen molar-refractivity contribution >= 4 is 5.91 Å². The molecule has 0 bridgehead atoms. The third-order valence-corrected chi connectivity index (χ3v) is 5.42. The zero-order chi connectivity index (χ0) is 14.9. The molecule has 2 aliphatic rings. The van der Waals surface area contributed by atoms with Crippen molar-refractivity contribution in [3.63, 3.8) is 0 Å². The van der Waals surface area contributed by atoms with Crippen LogP contribution in [0.3, 0.4) is 0 Å². The highest BCUT2D eigenvalue weighted by Gasteiger charge is 2.37. The first-order valence-corrected chi connectivity index (χ1v) is 8.23. The first kappa shape index (κ1) is 15.8. The molecule has 4 unspecified atom stereocenters. The summed E-state index contributed by atoms with van der Waals surface area (Å²) in [5.74, 6) is 0.896. The van der Waals surface area contributed by atoms with Gasteiger partial charge in [0.05, 0.1) is 6.04 Å². The Morgan fingerprint density at radius 3 is 2.00 bits per heavy atom. The first-order valence-electron chi connectivity index (χ1n) is 8.23. The minimum atomic E-state index is 0.0225. The summed E-state index contributed by atoms with van der Waals surface area (Å²) in [6, 6.07) is 1.34. The van der Waals surface area contributed by atoms with E-state index in [2.05, 4.69) is 37.5 Å². The maximum atomic E-state index is 12.7. The standard InChI is InChI=1S/C16H31N3O/c1-11-5-6-12(2)19(11)14(4)16(20)18-9-7-15(8-10-18)13(3)17/h11-15H,5-10,17H2,1-4H3. The van der Waals surface area contributed by atoms with Crippen LogP contribution in [0.15, 0.2) is 0 Å². The van der Waals surface area contributed by atoms with Crippen molar-refractivity contribution in [1.29, 1.82) is 0 Å². The average molecular weight is 281 g/mol. The van der Waals surface area contributed by atoms with Crippen LogP contribution in [0.5, 0.6) is 0 Å². The Bertz CT molecular complexity index is 327. The van der Waals surface area contributed by atoms with E-state index in [1.54, 1.807) is 0 Å². The third-order valence-electron chi connectivity index (χ3n) is 5.42. The summed E-state index contributed by atoms with van der Waals surface area (Å²) in [6.07, 6.45) is 4.54. The van der Waals surface area contributed by atoms with Gasteiger partial charge in [-0.3, -0.25) is 9.69 Å². The van der Waals surface area contributed by atoms with Crippen molar-refractivity contribution in [2.45, 2.75) is 77.5 Å². The number of carbonyl (C=O) groups excluding carboxylic acids is 1. The van der Waals surface area contributed by atoms with Crippen LogP contribution in [0.1, 0.15) is 53.4 Å². The number of piperidine rings is 1. The summed E-state index contributed by atoms with van der Waals surface area (Å²) >= 11 is 0. The molecule has 2 aliphatic heterocycles. The highest BCUT2D eigenvalue weighted by atomic mass is 16.2. The van der Waals surface area contributed by atoms with E-state index in [9.17, 15) is 4.79 Å². The topological polar surface area (TPSA) is 49.6 Å². The quantitative estimate of drug-likeness (QED) is 0.858. The number of carbonyl (C=O) groups is 1. The van der Waals surface area contributed by atoms with E-state index in [0.717, 1.165) is 25.9 Å². The normalized spacial score (nSPS) is 32.4. The van der Waals surface area contributed by atoms with Crippen molar-refractivity contribution < 1.29 is 4.79 Å². The minimum absolute atomic E-state index is 0.0225. The molecule has 0 aromatic carbocycles. The number of rotatable bonds is 3. The second kappa shape index (κ2) is 6.44. The predicted octanol–water partition coefficient (Wildman–Crippen LogP) is 1.83. The van der Waals surface area contributed by atoms with Crippen LogP contribution in [-0.4, -0.2) is 53.0 Å². The smallest absolute Gasteiger partial charge is 0.239 e. The van der Waals surface area contributed by atoms with Crippen LogP contribution >= 0.6 is 0 Å². The number of nitrogens with two attached hydrogens (primary N) is 1. The number of hydrogen-bond acceptors (Lipinski definition) is 3. The van der Waals surface area contributed by atoms with Gasteiger partial charge in [0.25, 0.3) is 0 Å². The molecular formula is C16H31N3O. The summed E-state index contributed by atoms with van der Waals surface area (Å²) < 4.78 is 0. The maximum Gasteiger partial charge on any atom is 0.239 e. The molecule has 0 aromatic rings. The molecule has 116 valence electrons. The van der Waals surface area contributed by atoms with Crippen molar-refractivity contribution in [1.82, 2.24) is 9.80 Å². The fraction of sp³-hybridized carbons (Fsp3) is 0.938. The third kappa shape index (κ3) is 3.17. The van der Waals surface area contributed by atoms with Crippen molar-refractivity contribution in [2.75, 3.05) is 13.1 Å². The molecule has 0 spiro atoms. The lowest BCUT2D eigenvalue weighted by Gasteiger charge is -2.39. The van der Waals surface area contributed by atoms with E-state index in [4.69, 9.17) is 5.73 Å². The van der Waals surface area contributed by atoms with Crippen LogP contribution in [-0.2, 0) is 4.79 Å². The van der Waals surface area contributed by atoms with Gasteiger partial charge in [-0.15, -0.1) is 0 Å². The maximum absolute atomic E-state index is 12.7. The van der Waals surface area contributed by atoms with Gasteiger partial charge in [-0.2, -0.15) is 0 Å². The van der Waals surface area contributed by atoms with Crippen LogP contribution < -0.4 is 5.73 Å². The molecule has 1 amide bonds. The number of amides is 1. The zero-order valence-electron chi connectivity index (χ0n) is 13.5. The molecule has 0 aliphatic carbocycles. The molecule has 2 fully saturated rings. The SMILES string of the molecule is CC(N)C1CCN(C(=O)C(C)N2C(C)CCC2C)CC1. The van der Waals surface area contributed by atoms with E-state index in [0.29, 0.717) is 23.9 Å². The lowest BCUT2D eigenvalue weighted by atomic mass is 9.90. The largest absolute Gasteiger partial charge is 0.341 e. The second-order valence-electron chi connectivity index (χ2n) is 6.92. The molecule has 4 heteroatoms. The molecule has 2 N–H and O–H groups in total. The van der Waals surface area contributed by atoms with Gasteiger partial charge < -0.3 is 10.6 Å². The summed E-state index contributed by atoms with van der Waals surface area (Å²) in [7, 11) is 0. The summed E-state index contributed by atoms with van der Waals surface area (Å²) in [5, 5.41) is 0. The highest BCUT2D eigenvalue weighted by Crippen LogP contribution is 2.27. The summed E-state index contributed by atoms with van der Waals surface area (Å²) in [6.45, 7) is 10.4. The monoisotopic (exact) mass is 281 g/mol. The molecule has 0 aromatic heterocycles. The Morgan fingerprint density at radius 2 is 1.55 bits per heavy atom. The Labute approximate surface area is 123 Å². The van der Waals surface area contributed by atoms with Crippen LogP contribution in [0.25, 0.3) is 0 Å². The summed E-state index contributed by atoms with van der Waals surface area (Å²) in [4.78, 5) is 17.2. The fourth-order valence-corrected chi connectivity index (χ4v) is 4.02. The average Bonchev–Trinajstić information content (AvgIpc) is 2.76. The van der Waals surface area contributed by atoms with Crippen molar-refractivity contribution in [3.05, 3.63) is 0 Å². The molecular weight excluding hydrogens is 250 g/mol. The van der Waals surface area contributed by atoms with Gasteiger partial charge in [-0.1, -0.05) is 0 Å². The van der Waals surface area contributed by atoms with Crippen LogP contribution in [0.2, 0.25) is 0 Å². The van der Waals surface area contributed by atoms with Crippen molar-refractivity contribution in [2.24, 2.45) is 11.7 Å². The number of hydrogen-bond donors (Lipinski definition) is 1. The Morgan fingerprint density at radius 1 is 1.05 bits per heavy atom. The lowest BCUT2D eigenvalue weighted by Crippen LogP contribution is -2.52. The van der Waals surface area contributed by atoms with Gasteiger partial charge in [0, 0.05) is 31.2 Å². The second-order valence-corrected chi connectivity index (χ2v) is 6.92. The van der Waals surface area contributed by atoms with E-state index in [1.165, 1.54) is 12.8 Å². The first-order chi connectivity index (χ1) is 9.41. The fourth-order valence-electron chi connectivity index (χ4n) is 4.02. The highest BCUT2D eigenvalue weighted by molar-refractivity contribution is 5.81. The van der Waals surface area contributed by atoms with Crippen LogP contribution in [0.4, 0.5) is 0 Å². The Hall–Kier alpha value is -0.610. The lowest BCUT2D eigenvalue weighted by molar-refractivity contribution is -0.139. The number of nitrogens with zero attached hydrogens (tertiary/aromatic N) is 2. The van der Waals surface area contributed by atoms with Gasteiger partial charge in [0.1, 0.15) is 0 Å². The molecule has 20 heavy (non-hydrogen) atoms. The molecule has 0 saturated carbocycles. The van der Waals surface area contributed by atoms with Gasteiger partial charge >= 0.3 is 0 Å².